The molecule has 0 unspecified atom stereocenters. The number of carbonyl (C=O) groups excluding carboxylic acids is 2. The van der Waals surface area contributed by atoms with Crippen molar-refractivity contribution in [3.63, 3.8) is 0 Å². The molecule has 2 N–H and O–H groups in total. The highest BCUT2D eigenvalue weighted by Gasteiger charge is 2.24. The van der Waals surface area contributed by atoms with Crippen molar-refractivity contribution in [1.29, 1.82) is 0 Å². The highest BCUT2D eigenvalue weighted by Crippen LogP contribution is 2.24. The topological polar surface area (TPSA) is 66.4 Å². The molecule has 5 heteroatoms. The van der Waals surface area contributed by atoms with Crippen molar-refractivity contribution in [3.05, 3.63) is 35.4 Å². The lowest BCUT2D eigenvalue weighted by Crippen LogP contribution is -2.37. The largest absolute Gasteiger partial charge is 0.393 e. The van der Waals surface area contributed by atoms with Gasteiger partial charge in [0.15, 0.2) is 5.78 Å². The minimum atomic E-state index is -0.229. The maximum absolute atomic E-state index is 12.0. The normalized spacial score (nSPS) is 26.9. The first-order chi connectivity index (χ1) is 9.60. The average Bonchev–Trinajstić information content (AvgIpc) is 2.43. The fourth-order valence-corrected chi connectivity index (χ4v) is 3.04. The molecular weight excluding hydrogens is 274 g/mol. The molecule has 2 aliphatic rings. The molecule has 0 aromatic rings. The van der Waals surface area contributed by atoms with Crippen LogP contribution in [0.2, 0.25) is 0 Å². The molecular formula is C15H19NO3S. The van der Waals surface area contributed by atoms with Crippen molar-refractivity contribution in [2.45, 2.75) is 37.8 Å². The van der Waals surface area contributed by atoms with Gasteiger partial charge in [0.05, 0.1) is 16.7 Å². The van der Waals surface area contributed by atoms with Gasteiger partial charge in [-0.2, -0.15) is 0 Å². The Morgan fingerprint density at radius 3 is 2.60 bits per heavy atom. The second-order valence-corrected chi connectivity index (χ2v) is 6.11. The molecule has 0 radical (unpaired) electrons. The summed E-state index contributed by atoms with van der Waals surface area (Å²) >= 11 is 1.32. The zero-order valence-electron chi connectivity index (χ0n) is 11.3. The number of aliphatic hydroxyl groups excluding tert-OH is 1. The number of nitrogens with one attached hydrogen (secondary N) is 1. The molecule has 0 aromatic carbocycles. The highest BCUT2D eigenvalue weighted by molar-refractivity contribution is 8.04. The Hall–Kier alpha value is -1.33. The van der Waals surface area contributed by atoms with Gasteiger partial charge in [0.25, 0.3) is 0 Å². The number of hydrogen-bond acceptors (Lipinski definition) is 5. The van der Waals surface area contributed by atoms with E-state index in [0.717, 1.165) is 25.7 Å². The minimum Gasteiger partial charge on any atom is -0.393 e. The Morgan fingerprint density at radius 1 is 1.25 bits per heavy atom. The van der Waals surface area contributed by atoms with Gasteiger partial charge >= 0.3 is 0 Å². The second-order valence-electron chi connectivity index (χ2n) is 5.04. The first-order valence-electron chi connectivity index (χ1n) is 6.80. The molecule has 4 nitrogen and oxygen atoms in total. The van der Waals surface area contributed by atoms with E-state index in [1.807, 2.05) is 0 Å². The molecule has 0 aromatic heterocycles. The number of carbonyl (C=O) groups is 2. The molecule has 0 bridgehead atoms. The minimum absolute atomic E-state index is 0.130. The van der Waals surface area contributed by atoms with E-state index >= 15 is 0 Å². The Bertz CT molecular complexity index is 474. The Kier molecular flexibility index (Phi) is 5.20. The predicted molar refractivity (Wildman–Crippen MR) is 80.2 cm³/mol. The van der Waals surface area contributed by atoms with E-state index in [9.17, 15) is 14.7 Å². The van der Waals surface area contributed by atoms with Crippen LogP contribution in [-0.2, 0) is 9.59 Å². The summed E-state index contributed by atoms with van der Waals surface area (Å²) in [5.74, 6) is 0.333. The van der Waals surface area contributed by atoms with Crippen molar-refractivity contribution in [3.8, 4) is 0 Å². The molecule has 2 aliphatic carbocycles. The van der Waals surface area contributed by atoms with Crippen LogP contribution in [0.3, 0.4) is 0 Å². The quantitative estimate of drug-likeness (QED) is 0.597. The van der Waals surface area contributed by atoms with Crippen LogP contribution in [0.1, 0.15) is 25.7 Å². The number of ketones is 2. The van der Waals surface area contributed by atoms with Crippen LogP contribution in [0.25, 0.3) is 0 Å². The standard InChI is InChI=1S/C15H19NO3S/c1-2-7-20-15-9-13(18)12(8-14(15)19)16-10-3-5-11(17)6-4-10/h2,8-11,16-17H,1,3-7H2. The fourth-order valence-electron chi connectivity index (χ4n) is 2.36. The van der Waals surface area contributed by atoms with Crippen molar-refractivity contribution >= 4 is 23.3 Å². The monoisotopic (exact) mass is 293 g/mol. The molecule has 0 aliphatic heterocycles. The van der Waals surface area contributed by atoms with Gasteiger partial charge in [0.1, 0.15) is 0 Å². The zero-order valence-corrected chi connectivity index (χ0v) is 12.1. The highest BCUT2D eigenvalue weighted by atomic mass is 32.2. The van der Waals surface area contributed by atoms with Gasteiger partial charge in [0, 0.05) is 23.9 Å². The van der Waals surface area contributed by atoms with E-state index in [1.54, 1.807) is 6.08 Å². The summed E-state index contributed by atoms with van der Waals surface area (Å²) in [7, 11) is 0. The Morgan fingerprint density at radius 2 is 1.95 bits per heavy atom. The first-order valence-corrected chi connectivity index (χ1v) is 7.79. The third kappa shape index (κ3) is 3.84. The molecule has 108 valence electrons. The predicted octanol–water partition coefficient (Wildman–Crippen LogP) is 1.72. The molecule has 1 fully saturated rings. The molecule has 0 saturated heterocycles. The molecule has 0 amide bonds. The van der Waals surface area contributed by atoms with Gasteiger partial charge in [-0.3, -0.25) is 9.59 Å². The van der Waals surface area contributed by atoms with Crippen LogP contribution in [-0.4, -0.2) is 34.6 Å². The summed E-state index contributed by atoms with van der Waals surface area (Å²) in [6.07, 6.45) is 7.38. The van der Waals surface area contributed by atoms with Crippen LogP contribution >= 0.6 is 11.8 Å². The third-order valence-electron chi connectivity index (χ3n) is 3.46. The van der Waals surface area contributed by atoms with Crippen LogP contribution in [0, 0.1) is 0 Å². The zero-order chi connectivity index (χ0) is 14.5. The van der Waals surface area contributed by atoms with Gasteiger partial charge in [0.2, 0.25) is 5.78 Å². The van der Waals surface area contributed by atoms with Crippen LogP contribution in [0.15, 0.2) is 35.4 Å². The summed E-state index contributed by atoms with van der Waals surface area (Å²) in [6, 6.07) is 0.164. The maximum atomic E-state index is 12.0. The van der Waals surface area contributed by atoms with Crippen molar-refractivity contribution < 1.29 is 14.7 Å². The van der Waals surface area contributed by atoms with E-state index < -0.39 is 0 Å². The van der Waals surface area contributed by atoms with Gasteiger partial charge in [-0.05, 0) is 25.7 Å². The Balaban J connectivity index is 1.95. The molecule has 0 spiro atoms. The van der Waals surface area contributed by atoms with E-state index in [0.29, 0.717) is 16.4 Å². The van der Waals surface area contributed by atoms with Crippen molar-refractivity contribution in [2.75, 3.05) is 5.75 Å². The summed E-state index contributed by atoms with van der Waals surface area (Å²) in [6.45, 7) is 3.60. The van der Waals surface area contributed by atoms with E-state index in [2.05, 4.69) is 11.9 Å². The molecule has 20 heavy (non-hydrogen) atoms. The van der Waals surface area contributed by atoms with Gasteiger partial charge < -0.3 is 10.4 Å². The number of rotatable bonds is 5. The van der Waals surface area contributed by atoms with E-state index in [4.69, 9.17) is 0 Å². The van der Waals surface area contributed by atoms with E-state index in [1.165, 1.54) is 23.9 Å². The van der Waals surface area contributed by atoms with Gasteiger partial charge in [-0.1, -0.05) is 6.08 Å². The summed E-state index contributed by atoms with van der Waals surface area (Å²) in [5, 5.41) is 12.6. The summed E-state index contributed by atoms with van der Waals surface area (Å²) in [5.41, 5.74) is 0.374. The number of allylic oxidation sites excluding steroid dienone is 3. The molecule has 0 heterocycles. The lowest BCUT2D eigenvalue weighted by atomic mass is 9.92. The lowest BCUT2D eigenvalue weighted by molar-refractivity contribution is -0.115. The number of aliphatic hydroxyl groups is 1. The molecule has 0 atom stereocenters. The summed E-state index contributed by atoms with van der Waals surface area (Å²) in [4.78, 5) is 24.4. The third-order valence-corrected chi connectivity index (χ3v) is 4.49. The molecule has 1 saturated carbocycles. The fraction of sp³-hybridized carbons (Fsp3) is 0.467. The first kappa shape index (κ1) is 15.1. The SMILES string of the molecule is C=CCSC1=CC(=O)C(NC2CCC(O)CC2)=CC1=O. The van der Waals surface area contributed by atoms with E-state index in [-0.39, 0.29) is 23.7 Å². The summed E-state index contributed by atoms with van der Waals surface area (Å²) < 4.78 is 0. The van der Waals surface area contributed by atoms with Crippen molar-refractivity contribution in [2.24, 2.45) is 0 Å². The number of hydrogen-bond donors (Lipinski definition) is 2. The van der Waals surface area contributed by atoms with Gasteiger partial charge in [-0.25, -0.2) is 0 Å². The van der Waals surface area contributed by atoms with Gasteiger partial charge in [-0.15, -0.1) is 18.3 Å². The van der Waals surface area contributed by atoms with Crippen LogP contribution < -0.4 is 5.32 Å². The van der Waals surface area contributed by atoms with Crippen molar-refractivity contribution in [1.82, 2.24) is 5.32 Å². The average molecular weight is 293 g/mol. The number of thioether (sulfide) groups is 1. The maximum Gasteiger partial charge on any atom is 0.203 e. The second kappa shape index (κ2) is 6.90. The Labute approximate surface area is 123 Å². The lowest BCUT2D eigenvalue weighted by Gasteiger charge is -2.28. The smallest absolute Gasteiger partial charge is 0.203 e. The molecule has 2 rings (SSSR count). The van der Waals surface area contributed by atoms with Crippen LogP contribution in [0.4, 0.5) is 0 Å². The van der Waals surface area contributed by atoms with Crippen LogP contribution in [0.5, 0.6) is 0 Å².